The smallest absolute Gasteiger partial charge is 0.246 e. The molecule has 0 saturated carbocycles. The highest BCUT2D eigenvalue weighted by atomic mass is 16.1. The second-order valence-electron chi connectivity index (χ2n) is 5.03. The average Bonchev–Trinajstić information content (AvgIpc) is 2.98. The van der Waals surface area contributed by atoms with E-state index in [9.17, 15) is 4.79 Å². The first-order chi connectivity index (χ1) is 11.2. The van der Waals surface area contributed by atoms with Gasteiger partial charge in [0.2, 0.25) is 11.9 Å². The summed E-state index contributed by atoms with van der Waals surface area (Å²) in [7, 11) is 0. The molecule has 0 radical (unpaired) electrons. The van der Waals surface area contributed by atoms with Crippen molar-refractivity contribution in [3.8, 4) is 11.3 Å². The van der Waals surface area contributed by atoms with Gasteiger partial charge in [0.1, 0.15) is 0 Å². The molecule has 7 nitrogen and oxygen atoms in total. The number of amides is 1. The number of nitrogens with one attached hydrogen (secondary N) is 2. The van der Waals surface area contributed by atoms with Crippen LogP contribution in [-0.4, -0.2) is 32.3 Å². The van der Waals surface area contributed by atoms with Crippen molar-refractivity contribution in [2.75, 3.05) is 17.2 Å². The van der Waals surface area contributed by atoms with E-state index < -0.39 is 0 Å². The van der Waals surface area contributed by atoms with Crippen LogP contribution in [0.25, 0.3) is 16.9 Å². The Bertz CT molecular complexity index is 841. The molecule has 118 valence electrons. The Morgan fingerprint density at radius 1 is 1.17 bits per heavy atom. The van der Waals surface area contributed by atoms with Crippen molar-refractivity contribution < 1.29 is 4.79 Å². The quantitative estimate of drug-likeness (QED) is 0.756. The molecule has 3 rings (SSSR count). The molecule has 2 N–H and O–H groups in total. The molecule has 1 aromatic carbocycles. The summed E-state index contributed by atoms with van der Waals surface area (Å²) in [6.07, 6.45) is 0.446. The standard InChI is InChI=1S/C16H18N6O/c1-3-15(23)18-12-7-5-6-11(10-12)13-8-9-14-19-20-16(17-4-2)22(14)21-13/h5-10H,3-4H2,1-2H3,(H,17,20)(H,18,23). The van der Waals surface area contributed by atoms with Crippen molar-refractivity contribution in [1.82, 2.24) is 19.8 Å². The highest BCUT2D eigenvalue weighted by Gasteiger charge is 2.08. The molecule has 0 spiro atoms. The molecule has 0 aliphatic rings. The largest absolute Gasteiger partial charge is 0.353 e. The van der Waals surface area contributed by atoms with Crippen LogP contribution < -0.4 is 10.6 Å². The molecule has 0 unspecified atom stereocenters. The maximum atomic E-state index is 11.5. The number of anilines is 2. The monoisotopic (exact) mass is 310 g/mol. The van der Waals surface area contributed by atoms with E-state index >= 15 is 0 Å². The number of carbonyl (C=O) groups excluding carboxylic acids is 1. The predicted octanol–water partition coefficient (Wildman–Crippen LogP) is 2.57. The second-order valence-corrected chi connectivity index (χ2v) is 5.03. The van der Waals surface area contributed by atoms with Crippen LogP contribution in [0.3, 0.4) is 0 Å². The minimum Gasteiger partial charge on any atom is -0.353 e. The maximum Gasteiger partial charge on any atom is 0.246 e. The topological polar surface area (TPSA) is 84.2 Å². The van der Waals surface area contributed by atoms with Crippen LogP contribution >= 0.6 is 0 Å². The van der Waals surface area contributed by atoms with E-state index in [1.165, 1.54) is 0 Å². The predicted molar refractivity (Wildman–Crippen MR) is 89.3 cm³/mol. The first-order valence-electron chi connectivity index (χ1n) is 7.58. The zero-order chi connectivity index (χ0) is 16.2. The number of benzene rings is 1. The maximum absolute atomic E-state index is 11.5. The lowest BCUT2D eigenvalue weighted by molar-refractivity contribution is -0.115. The third-order valence-electron chi connectivity index (χ3n) is 3.36. The zero-order valence-corrected chi connectivity index (χ0v) is 13.1. The Labute approximate surface area is 133 Å². The van der Waals surface area contributed by atoms with Gasteiger partial charge in [0, 0.05) is 24.2 Å². The first-order valence-corrected chi connectivity index (χ1v) is 7.58. The summed E-state index contributed by atoms with van der Waals surface area (Å²) in [4.78, 5) is 11.5. The number of carbonyl (C=O) groups is 1. The Hall–Kier alpha value is -2.96. The molecule has 7 heteroatoms. The van der Waals surface area contributed by atoms with Gasteiger partial charge in [-0.2, -0.15) is 9.61 Å². The highest BCUT2D eigenvalue weighted by molar-refractivity contribution is 5.91. The van der Waals surface area contributed by atoms with Gasteiger partial charge in [0.25, 0.3) is 0 Å². The SMILES string of the molecule is CCNc1nnc2ccc(-c3cccc(NC(=O)CC)c3)nn12. The van der Waals surface area contributed by atoms with Crippen molar-refractivity contribution in [2.45, 2.75) is 20.3 Å². The van der Waals surface area contributed by atoms with E-state index in [1.807, 2.05) is 50.2 Å². The van der Waals surface area contributed by atoms with Crippen LogP contribution in [-0.2, 0) is 4.79 Å². The van der Waals surface area contributed by atoms with Crippen LogP contribution in [0.1, 0.15) is 20.3 Å². The molecule has 0 atom stereocenters. The van der Waals surface area contributed by atoms with Gasteiger partial charge in [-0.15, -0.1) is 10.2 Å². The van der Waals surface area contributed by atoms with E-state index in [0.29, 0.717) is 18.0 Å². The molecular formula is C16H18N6O. The molecule has 1 amide bonds. The van der Waals surface area contributed by atoms with Gasteiger partial charge in [-0.25, -0.2) is 0 Å². The highest BCUT2D eigenvalue weighted by Crippen LogP contribution is 2.22. The summed E-state index contributed by atoms with van der Waals surface area (Å²) in [6, 6.07) is 11.4. The van der Waals surface area contributed by atoms with Gasteiger partial charge in [-0.1, -0.05) is 19.1 Å². The number of hydrogen-bond acceptors (Lipinski definition) is 5. The third kappa shape index (κ3) is 3.13. The van der Waals surface area contributed by atoms with Gasteiger partial charge in [0.05, 0.1) is 5.69 Å². The summed E-state index contributed by atoms with van der Waals surface area (Å²) in [5.74, 6) is 0.596. The van der Waals surface area contributed by atoms with Crippen LogP contribution in [0, 0.1) is 0 Å². The van der Waals surface area contributed by atoms with Crippen LogP contribution in [0.2, 0.25) is 0 Å². The normalized spacial score (nSPS) is 10.7. The van der Waals surface area contributed by atoms with Gasteiger partial charge >= 0.3 is 0 Å². The van der Waals surface area contributed by atoms with Gasteiger partial charge in [-0.3, -0.25) is 4.79 Å². The molecular weight excluding hydrogens is 292 g/mol. The fraction of sp³-hybridized carbons (Fsp3) is 0.250. The fourth-order valence-corrected chi connectivity index (χ4v) is 2.22. The molecule has 0 saturated heterocycles. The summed E-state index contributed by atoms with van der Waals surface area (Å²) in [5.41, 5.74) is 3.13. The van der Waals surface area contributed by atoms with Crippen LogP contribution in [0.4, 0.5) is 11.6 Å². The molecule has 3 aromatic rings. The lowest BCUT2D eigenvalue weighted by Gasteiger charge is -2.07. The second kappa shape index (κ2) is 6.43. The van der Waals surface area contributed by atoms with E-state index in [-0.39, 0.29) is 5.91 Å². The van der Waals surface area contributed by atoms with Crippen LogP contribution in [0.15, 0.2) is 36.4 Å². The van der Waals surface area contributed by atoms with Crippen molar-refractivity contribution in [1.29, 1.82) is 0 Å². The zero-order valence-electron chi connectivity index (χ0n) is 13.1. The van der Waals surface area contributed by atoms with E-state index in [4.69, 9.17) is 0 Å². The number of hydrogen-bond donors (Lipinski definition) is 2. The van der Waals surface area contributed by atoms with Gasteiger partial charge in [-0.05, 0) is 31.2 Å². The summed E-state index contributed by atoms with van der Waals surface area (Å²) < 4.78 is 1.68. The van der Waals surface area contributed by atoms with Crippen molar-refractivity contribution in [2.24, 2.45) is 0 Å². The number of aromatic nitrogens is 4. The van der Waals surface area contributed by atoms with E-state index in [2.05, 4.69) is 25.9 Å². The molecule has 0 aliphatic heterocycles. The number of nitrogens with zero attached hydrogens (tertiary/aromatic N) is 4. The molecule has 2 aromatic heterocycles. The molecule has 2 heterocycles. The van der Waals surface area contributed by atoms with Gasteiger partial charge < -0.3 is 10.6 Å². The third-order valence-corrected chi connectivity index (χ3v) is 3.36. The van der Waals surface area contributed by atoms with Gasteiger partial charge in [0.15, 0.2) is 5.65 Å². The minimum absolute atomic E-state index is 0.0150. The number of rotatable bonds is 5. The Kier molecular flexibility index (Phi) is 4.18. The summed E-state index contributed by atoms with van der Waals surface area (Å²) in [5, 5.41) is 18.7. The number of fused-ring (bicyclic) bond motifs is 1. The van der Waals surface area contributed by atoms with E-state index in [1.54, 1.807) is 4.52 Å². The average molecular weight is 310 g/mol. The minimum atomic E-state index is -0.0150. The van der Waals surface area contributed by atoms with Crippen molar-refractivity contribution >= 4 is 23.2 Å². The molecule has 23 heavy (non-hydrogen) atoms. The Morgan fingerprint density at radius 3 is 2.83 bits per heavy atom. The fourth-order valence-electron chi connectivity index (χ4n) is 2.22. The first kappa shape index (κ1) is 15.0. The molecule has 0 bridgehead atoms. The Balaban J connectivity index is 1.97. The lowest BCUT2D eigenvalue weighted by atomic mass is 10.1. The summed E-state index contributed by atoms with van der Waals surface area (Å²) in [6.45, 7) is 4.55. The van der Waals surface area contributed by atoms with Crippen molar-refractivity contribution in [3.63, 3.8) is 0 Å². The lowest BCUT2D eigenvalue weighted by Crippen LogP contribution is -2.09. The molecule has 0 fully saturated rings. The summed E-state index contributed by atoms with van der Waals surface area (Å²) >= 11 is 0. The van der Waals surface area contributed by atoms with E-state index in [0.717, 1.165) is 23.5 Å². The van der Waals surface area contributed by atoms with Crippen LogP contribution in [0.5, 0.6) is 0 Å². The Morgan fingerprint density at radius 2 is 2.04 bits per heavy atom. The van der Waals surface area contributed by atoms with Crippen molar-refractivity contribution in [3.05, 3.63) is 36.4 Å². The molecule has 0 aliphatic carbocycles.